The summed E-state index contributed by atoms with van der Waals surface area (Å²) in [6, 6.07) is 2.87. The van der Waals surface area contributed by atoms with Crippen LogP contribution in [0, 0.1) is 0 Å². The second kappa shape index (κ2) is 4.45. The summed E-state index contributed by atoms with van der Waals surface area (Å²) in [5, 5.41) is 0. The van der Waals surface area contributed by atoms with Gasteiger partial charge in [-0.2, -0.15) is 4.39 Å². The predicted molar refractivity (Wildman–Crippen MR) is 43.5 cm³/mol. The average molecular weight is 256 g/mol. The van der Waals surface area contributed by atoms with Gasteiger partial charge < -0.3 is 4.74 Å². The Morgan fingerprint density at radius 2 is 2.08 bits per heavy atom. The van der Waals surface area contributed by atoms with E-state index in [-0.39, 0.29) is 5.88 Å². The van der Waals surface area contributed by atoms with E-state index in [1.165, 1.54) is 12.3 Å². The number of nitrogens with zero attached hydrogens (tertiary/aromatic N) is 1. The quantitative estimate of drug-likeness (QED) is 0.829. The molecule has 1 aromatic heterocycles. The lowest BCUT2D eigenvalue weighted by molar-refractivity contribution is -0.0690. The first-order valence-electron chi connectivity index (χ1n) is 3.30. The average Bonchev–Trinajstić information content (AvgIpc) is 2.04. The van der Waals surface area contributed by atoms with E-state index in [0.717, 1.165) is 0 Å². The van der Waals surface area contributed by atoms with Crippen molar-refractivity contribution in [3.63, 3.8) is 0 Å². The summed E-state index contributed by atoms with van der Waals surface area (Å²) in [5.74, 6) is -0.179. The molecule has 6 heteroatoms. The van der Waals surface area contributed by atoms with Gasteiger partial charge in [0.25, 0.3) is 6.36 Å². The predicted octanol–water partition coefficient (Wildman–Crippen LogP) is 2.78. The number of rotatable bonds is 3. The molecule has 0 bridgehead atoms. The van der Waals surface area contributed by atoms with E-state index >= 15 is 0 Å². The van der Waals surface area contributed by atoms with Gasteiger partial charge in [0.1, 0.15) is 0 Å². The molecule has 0 aliphatic carbocycles. The zero-order valence-corrected chi connectivity index (χ0v) is 7.84. The van der Waals surface area contributed by atoms with Crippen LogP contribution in [0.15, 0.2) is 22.8 Å². The Hall–Kier alpha value is -0.780. The lowest BCUT2D eigenvalue weighted by atomic mass is 10.5. The van der Waals surface area contributed by atoms with Crippen molar-refractivity contribution in [3.8, 4) is 5.88 Å². The second-order valence-electron chi connectivity index (χ2n) is 2.12. The Morgan fingerprint density at radius 3 is 2.62 bits per heavy atom. The largest absolute Gasteiger partial charge is 0.437 e. The molecule has 0 aromatic carbocycles. The van der Waals surface area contributed by atoms with Gasteiger partial charge >= 0.3 is 6.43 Å². The molecule has 1 unspecified atom stereocenters. The summed E-state index contributed by atoms with van der Waals surface area (Å²) in [7, 11) is 0. The minimum atomic E-state index is -3.17. The third-order valence-corrected chi connectivity index (χ3v) is 1.62. The number of aromatic nitrogens is 1. The monoisotopic (exact) mass is 255 g/mol. The van der Waals surface area contributed by atoms with Crippen molar-refractivity contribution in [1.29, 1.82) is 0 Å². The topological polar surface area (TPSA) is 22.1 Å². The van der Waals surface area contributed by atoms with Gasteiger partial charge in [0.15, 0.2) is 0 Å². The minimum absolute atomic E-state index is 0.179. The highest BCUT2D eigenvalue weighted by Gasteiger charge is 2.21. The molecule has 1 aromatic rings. The van der Waals surface area contributed by atoms with Crippen molar-refractivity contribution < 1.29 is 17.9 Å². The third-order valence-electron chi connectivity index (χ3n) is 1.13. The fourth-order valence-electron chi connectivity index (χ4n) is 0.617. The van der Waals surface area contributed by atoms with Crippen LogP contribution in [0.25, 0.3) is 0 Å². The van der Waals surface area contributed by atoms with Gasteiger partial charge in [-0.15, -0.1) is 0 Å². The van der Waals surface area contributed by atoms with Crippen molar-refractivity contribution >= 4 is 15.9 Å². The summed E-state index contributed by atoms with van der Waals surface area (Å²) in [6.07, 6.45) is -4.49. The van der Waals surface area contributed by atoms with Gasteiger partial charge in [0, 0.05) is 16.7 Å². The molecule has 0 saturated heterocycles. The van der Waals surface area contributed by atoms with E-state index in [9.17, 15) is 13.2 Å². The summed E-state index contributed by atoms with van der Waals surface area (Å²) in [5.41, 5.74) is 0. The van der Waals surface area contributed by atoms with Gasteiger partial charge in [-0.1, -0.05) is 15.9 Å². The Balaban J connectivity index is 2.64. The van der Waals surface area contributed by atoms with Crippen LogP contribution in [-0.2, 0) is 0 Å². The van der Waals surface area contributed by atoms with Crippen molar-refractivity contribution in [2.75, 3.05) is 0 Å². The minimum Gasteiger partial charge on any atom is -0.437 e. The van der Waals surface area contributed by atoms with Crippen molar-refractivity contribution in [3.05, 3.63) is 22.8 Å². The van der Waals surface area contributed by atoms with Crippen LogP contribution in [0.5, 0.6) is 5.88 Å². The molecule has 72 valence electrons. The van der Waals surface area contributed by atoms with Crippen molar-refractivity contribution in [2.24, 2.45) is 0 Å². The summed E-state index contributed by atoms with van der Waals surface area (Å²) < 4.78 is 40.4. The van der Waals surface area contributed by atoms with Crippen LogP contribution in [0.2, 0.25) is 0 Å². The molecule has 2 nitrogen and oxygen atoms in total. The molecule has 0 spiro atoms. The molecule has 0 aliphatic rings. The first kappa shape index (κ1) is 10.3. The standard InChI is InChI=1S/C7H5BrF3NO/c8-4-1-2-12-5(3-4)13-7(11)6(9)10/h1-3,6-7H. The summed E-state index contributed by atoms with van der Waals surface area (Å²) in [6.45, 7) is 0. The van der Waals surface area contributed by atoms with E-state index in [1.807, 2.05) is 0 Å². The van der Waals surface area contributed by atoms with Crippen LogP contribution < -0.4 is 4.74 Å². The highest BCUT2D eigenvalue weighted by atomic mass is 79.9. The smallest absolute Gasteiger partial charge is 0.304 e. The highest BCUT2D eigenvalue weighted by molar-refractivity contribution is 9.10. The van der Waals surface area contributed by atoms with E-state index in [2.05, 4.69) is 25.7 Å². The molecule has 1 rings (SSSR count). The maximum atomic E-state index is 12.3. The molecule has 1 heterocycles. The van der Waals surface area contributed by atoms with Crippen molar-refractivity contribution in [2.45, 2.75) is 12.8 Å². The molecule has 13 heavy (non-hydrogen) atoms. The Kier molecular flexibility index (Phi) is 3.53. The van der Waals surface area contributed by atoms with Gasteiger partial charge in [-0.05, 0) is 6.07 Å². The first-order valence-corrected chi connectivity index (χ1v) is 4.09. The number of halogens is 4. The highest BCUT2D eigenvalue weighted by Crippen LogP contribution is 2.17. The van der Waals surface area contributed by atoms with Crippen LogP contribution in [0.1, 0.15) is 0 Å². The van der Waals surface area contributed by atoms with Crippen molar-refractivity contribution in [1.82, 2.24) is 4.98 Å². The number of hydrogen-bond donors (Lipinski definition) is 0. The normalized spacial score (nSPS) is 13.0. The summed E-state index contributed by atoms with van der Waals surface area (Å²) in [4.78, 5) is 3.54. The maximum Gasteiger partial charge on any atom is 0.304 e. The van der Waals surface area contributed by atoms with Gasteiger partial charge in [-0.3, -0.25) is 0 Å². The number of hydrogen-bond acceptors (Lipinski definition) is 2. The molecule has 0 saturated carbocycles. The van der Waals surface area contributed by atoms with Crippen LogP contribution >= 0.6 is 15.9 Å². The van der Waals surface area contributed by atoms with E-state index < -0.39 is 12.8 Å². The van der Waals surface area contributed by atoms with Crippen LogP contribution in [0.4, 0.5) is 13.2 Å². The Labute approximate surface area is 80.9 Å². The molecule has 0 radical (unpaired) electrons. The van der Waals surface area contributed by atoms with E-state index in [4.69, 9.17) is 0 Å². The Bertz CT molecular complexity index is 284. The van der Waals surface area contributed by atoms with Gasteiger partial charge in [-0.25, -0.2) is 13.8 Å². The fraction of sp³-hybridized carbons (Fsp3) is 0.286. The zero-order chi connectivity index (χ0) is 9.84. The molecule has 0 fully saturated rings. The SMILES string of the molecule is FC(F)C(F)Oc1cc(Br)ccn1. The number of alkyl halides is 3. The van der Waals surface area contributed by atoms with E-state index in [0.29, 0.717) is 4.47 Å². The third kappa shape index (κ3) is 3.22. The first-order chi connectivity index (χ1) is 6.09. The molecule has 0 amide bonds. The molecule has 0 aliphatic heterocycles. The fourth-order valence-corrected chi connectivity index (χ4v) is 0.931. The Morgan fingerprint density at radius 1 is 1.38 bits per heavy atom. The van der Waals surface area contributed by atoms with E-state index in [1.54, 1.807) is 6.07 Å². The lowest BCUT2D eigenvalue weighted by Crippen LogP contribution is -2.19. The molecular formula is C7H5BrF3NO. The summed E-state index contributed by atoms with van der Waals surface area (Å²) >= 11 is 3.06. The molecule has 0 N–H and O–H groups in total. The number of ether oxygens (including phenoxy) is 1. The lowest BCUT2D eigenvalue weighted by Gasteiger charge is -2.08. The second-order valence-corrected chi connectivity index (χ2v) is 3.03. The molecular weight excluding hydrogens is 251 g/mol. The molecule has 1 atom stereocenters. The number of pyridine rings is 1. The van der Waals surface area contributed by atoms with Gasteiger partial charge in [0.05, 0.1) is 0 Å². The zero-order valence-electron chi connectivity index (χ0n) is 6.25. The maximum absolute atomic E-state index is 12.3. The van der Waals surface area contributed by atoms with Crippen LogP contribution in [0.3, 0.4) is 0 Å². The van der Waals surface area contributed by atoms with Crippen LogP contribution in [-0.4, -0.2) is 17.8 Å². The van der Waals surface area contributed by atoms with Gasteiger partial charge in [0.2, 0.25) is 5.88 Å².